The van der Waals surface area contributed by atoms with E-state index in [0.717, 1.165) is 25.1 Å². The summed E-state index contributed by atoms with van der Waals surface area (Å²) in [6.45, 7) is 5.79. The summed E-state index contributed by atoms with van der Waals surface area (Å²) in [7, 11) is 0. The van der Waals surface area contributed by atoms with Crippen LogP contribution in [0.25, 0.3) is 0 Å². The molecule has 1 aliphatic rings. The van der Waals surface area contributed by atoms with E-state index in [1.807, 2.05) is 24.3 Å². The molecule has 0 saturated carbocycles. The zero-order chi connectivity index (χ0) is 14.5. The third-order valence-electron chi connectivity index (χ3n) is 3.87. The van der Waals surface area contributed by atoms with Crippen LogP contribution >= 0.6 is 0 Å². The van der Waals surface area contributed by atoms with E-state index in [1.54, 1.807) is 0 Å². The largest absolute Gasteiger partial charge is 0.282 e. The average molecular weight is 273 g/mol. The molecule has 1 heterocycles. The van der Waals surface area contributed by atoms with Crippen LogP contribution in [0.4, 0.5) is 0 Å². The van der Waals surface area contributed by atoms with E-state index in [2.05, 4.69) is 59.7 Å². The predicted octanol–water partition coefficient (Wildman–Crippen LogP) is 3.82. The SMILES string of the molecule is C=CCN1CCc2ccccc2C1C#Cc1ccccc1. The summed E-state index contributed by atoms with van der Waals surface area (Å²) in [5.74, 6) is 6.77. The first kappa shape index (κ1) is 13.7. The number of rotatable bonds is 2. The van der Waals surface area contributed by atoms with E-state index < -0.39 is 0 Å². The van der Waals surface area contributed by atoms with E-state index >= 15 is 0 Å². The first-order valence-electron chi connectivity index (χ1n) is 7.38. The van der Waals surface area contributed by atoms with Gasteiger partial charge in [0, 0.05) is 18.7 Å². The molecule has 0 aromatic heterocycles. The highest BCUT2D eigenvalue weighted by Crippen LogP contribution is 2.29. The molecule has 1 heteroatoms. The minimum Gasteiger partial charge on any atom is -0.282 e. The van der Waals surface area contributed by atoms with Crippen molar-refractivity contribution in [2.24, 2.45) is 0 Å². The van der Waals surface area contributed by atoms with Gasteiger partial charge >= 0.3 is 0 Å². The van der Waals surface area contributed by atoms with E-state index in [0.29, 0.717) is 0 Å². The van der Waals surface area contributed by atoms with Crippen LogP contribution in [0.5, 0.6) is 0 Å². The summed E-state index contributed by atoms with van der Waals surface area (Å²) in [5.41, 5.74) is 3.83. The Kier molecular flexibility index (Phi) is 4.19. The number of hydrogen-bond acceptors (Lipinski definition) is 1. The molecule has 0 fully saturated rings. The van der Waals surface area contributed by atoms with Crippen molar-refractivity contribution in [2.45, 2.75) is 12.5 Å². The zero-order valence-corrected chi connectivity index (χ0v) is 12.1. The number of nitrogens with zero attached hydrogens (tertiary/aromatic N) is 1. The summed E-state index contributed by atoms with van der Waals surface area (Å²) < 4.78 is 0. The van der Waals surface area contributed by atoms with Gasteiger partial charge in [0.15, 0.2) is 0 Å². The summed E-state index contributed by atoms with van der Waals surface area (Å²) in [6.07, 6.45) is 3.05. The molecule has 0 amide bonds. The van der Waals surface area contributed by atoms with Crippen LogP contribution in [-0.4, -0.2) is 18.0 Å². The molecule has 21 heavy (non-hydrogen) atoms. The second-order valence-corrected chi connectivity index (χ2v) is 5.27. The third kappa shape index (κ3) is 3.07. The molecule has 2 aromatic carbocycles. The number of fused-ring (bicyclic) bond motifs is 1. The Morgan fingerprint density at radius 2 is 1.86 bits per heavy atom. The zero-order valence-electron chi connectivity index (χ0n) is 12.1. The van der Waals surface area contributed by atoms with Gasteiger partial charge in [-0.25, -0.2) is 0 Å². The van der Waals surface area contributed by atoms with Gasteiger partial charge in [0.2, 0.25) is 0 Å². The quantitative estimate of drug-likeness (QED) is 0.594. The van der Waals surface area contributed by atoms with E-state index in [4.69, 9.17) is 0 Å². The molecule has 1 aliphatic heterocycles. The van der Waals surface area contributed by atoms with E-state index in [-0.39, 0.29) is 6.04 Å². The minimum absolute atomic E-state index is 0.160. The van der Waals surface area contributed by atoms with Gasteiger partial charge in [-0.2, -0.15) is 0 Å². The average Bonchev–Trinajstić information content (AvgIpc) is 2.55. The van der Waals surface area contributed by atoms with Gasteiger partial charge < -0.3 is 0 Å². The first-order valence-corrected chi connectivity index (χ1v) is 7.38. The molecule has 0 saturated heterocycles. The van der Waals surface area contributed by atoms with Crippen molar-refractivity contribution in [3.63, 3.8) is 0 Å². The fourth-order valence-corrected chi connectivity index (χ4v) is 2.82. The van der Waals surface area contributed by atoms with E-state index in [9.17, 15) is 0 Å². The fraction of sp³-hybridized carbons (Fsp3) is 0.200. The lowest BCUT2D eigenvalue weighted by Crippen LogP contribution is -2.34. The van der Waals surface area contributed by atoms with Gasteiger partial charge in [-0.3, -0.25) is 4.90 Å². The highest BCUT2D eigenvalue weighted by atomic mass is 15.2. The highest BCUT2D eigenvalue weighted by molar-refractivity contribution is 5.41. The van der Waals surface area contributed by atoms with Gasteiger partial charge in [0.05, 0.1) is 6.04 Å². The monoisotopic (exact) mass is 273 g/mol. The highest BCUT2D eigenvalue weighted by Gasteiger charge is 2.24. The Hall–Kier alpha value is -2.30. The second kappa shape index (κ2) is 6.43. The van der Waals surface area contributed by atoms with Crippen molar-refractivity contribution in [3.05, 3.63) is 83.9 Å². The van der Waals surface area contributed by atoms with Gasteiger partial charge in [0.25, 0.3) is 0 Å². The normalized spacial score (nSPS) is 17.4. The molecule has 104 valence electrons. The standard InChI is InChI=1S/C20H19N/c1-2-15-21-16-14-18-10-6-7-11-19(18)20(21)13-12-17-8-4-3-5-9-17/h2-11,20H,1,14-16H2. The topological polar surface area (TPSA) is 3.24 Å². The molecule has 2 aromatic rings. The van der Waals surface area contributed by atoms with E-state index in [1.165, 1.54) is 11.1 Å². The van der Waals surface area contributed by atoms with Crippen LogP contribution in [0.3, 0.4) is 0 Å². The molecular formula is C20H19N. The van der Waals surface area contributed by atoms with Crippen molar-refractivity contribution >= 4 is 0 Å². The molecule has 0 N–H and O–H groups in total. The molecule has 1 atom stereocenters. The van der Waals surface area contributed by atoms with Crippen LogP contribution in [0, 0.1) is 11.8 Å². The second-order valence-electron chi connectivity index (χ2n) is 5.27. The molecular weight excluding hydrogens is 254 g/mol. The van der Waals surface area contributed by atoms with Crippen molar-refractivity contribution in [3.8, 4) is 11.8 Å². The molecule has 1 nitrogen and oxygen atoms in total. The third-order valence-corrected chi connectivity index (χ3v) is 3.87. The van der Waals surface area contributed by atoms with Gasteiger partial charge in [-0.1, -0.05) is 60.4 Å². The molecule has 0 spiro atoms. The lowest BCUT2D eigenvalue weighted by Gasteiger charge is -2.33. The van der Waals surface area contributed by atoms with Crippen molar-refractivity contribution in [1.29, 1.82) is 0 Å². The van der Waals surface area contributed by atoms with Gasteiger partial charge in [-0.15, -0.1) is 6.58 Å². The van der Waals surface area contributed by atoms with Crippen molar-refractivity contribution in [1.82, 2.24) is 4.90 Å². The molecule has 0 aliphatic carbocycles. The van der Waals surface area contributed by atoms with Crippen LogP contribution in [0.1, 0.15) is 22.7 Å². The van der Waals surface area contributed by atoms with Crippen LogP contribution in [-0.2, 0) is 6.42 Å². The Morgan fingerprint density at radius 1 is 1.10 bits per heavy atom. The maximum Gasteiger partial charge on any atom is 0.0980 e. The Morgan fingerprint density at radius 3 is 2.67 bits per heavy atom. The fourth-order valence-electron chi connectivity index (χ4n) is 2.82. The Balaban J connectivity index is 1.96. The van der Waals surface area contributed by atoms with Crippen molar-refractivity contribution in [2.75, 3.05) is 13.1 Å². The maximum atomic E-state index is 3.87. The lowest BCUT2D eigenvalue weighted by atomic mass is 9.92. The summed E-state index contributed by atoms with van der Waals surface area (Å²) >= 11 is 0. The van der Waals surface area contributed by atoms with Crippen LogP contribution in [0.2, 0.25) is 0 Å². The predicted molar refractivity (Wildman–Crippen MR) is 88.0 cm³/mol. The van der Waals surface area contributed by atoms with Crippen LogP contribution in [0.15, 0.2) is 67.3 Å². The number of benzene rings is 2. The molecule has 0 radical (unpaired) electrons. The number of hydrogen-bond donors (Lipinski definition) is 0. The maximum absolute atomic E-state index is 3.87. The molecule has 3 rings (SSSR count). The van der Waals surface area contributed by atoms with Gasteiger partial charge in [0.1, 0.15) is 0 Å². The first-order chi connectivity index (χ1) is 10.4. The summed E-state index contributed by atoms with van der Waals surface area (Å²) in [6, 6.07) is 19.0. The molecule has 1 unspecified atom stereocenters. The molecule has 0 bridgehead atoms. The summed E-state index contributed by atoms with van der Waals surface area (Å²) in [4.78, 5) is 2.39. The lowest BCUT2D eigenvalue weighted by molar-refractivity contribution is 0.251. The van der Waals surface area contributed by atoms with Crippen LogP contribution < -0.4 is 0 Å². The van der Waals surface area contributed by atoms with Gasteiger partial charge in [-0.05, 0) is 29.7 Å². The Labute approximate surface area is 126 Å². The van der Waals surface area contributed by atoms with Crippen molar-refractivity contribution < 1.29 is 0 Å². The Bertz CT molecular complexity index is 676. The minimum atomic E-state index is 0.160. The smallest absolute Gasteiger partial charge is 0.0980 e. The summed E-state index contributed by atoms with van der Waals surface area (Å²) in [5, 5.41) is 0.